The van der Waals surface area contributed by atoms with Gasteiger partial charge in [-0.3, -0.25) is 10.1 Å². The van der Waals surface area contributed by atoms with Gasteiger partial charge >= 0.3 is 5.69 Å². The van der Waals surface area contributed by atoms with E-state index in [1.807, 2.05) is 0 Å². The van der Waals surface area contributed by atoms with Gasteiger partial charge in [0.1, 0.15) is 0 Å². The number of nitro groups is 1. The highest BCUT2D eigenvalue weighted by atomic mass is 16.6. The summed E-state index contributed by atoms with van der Waals surface area (Å²) in [6.45, 7) is 0.833. The summed E-state index contributed by atoms with van der Waals surface area (Å²) in [6.07, 6.45) is 0.833. The van der Waals surface area contributed by atoms with Crippen molar-refractivity contribution in [2.24, 2.45) is 0 Å². The molecule has 0 atom stereocenters. The molecule has 0 aliphatic carbocycles. The van der Waals surface area contributed by atoms with Crippen LogP contribution in [0, 0.1) is 10.1 Å². The lowest BCUT2D eigenvalue weighted by Crippen LogP contribution is -1.95. The standard InChI is InChI=1S/C9H10N2O3/c1-14-9-5-7-6(2-3-10-7)4-8(9)11(12)13/h4-5,10H,2-3H2,1H3. The summed E-state index contributed by atoms with van der Waals surface area (Å²) >= 11 is 0. The zero-order valence-corrected chi connectivity index (χ0v) is 7.74. The van der Waals surface area contributed by atoms with Crippen molar-refractivity contribution in [2.45, 2.75) is 6.42 Å². The fourth-order valence-corrected chi connectivity index (χ4v) is 1.62. The number of rotatable bonds is 2. The lowest BCUT2D eigenvalue weighted by Gasteiger charge is -2.04. The summed E-state index contributed by atoms with van der Waals surface area (Å²) in [5.74, 6) is 0.308. The van der Waals surface area contributed by atoms with E-state index in [4.69, 9.17) is 4.74 Å². The van der Waals surface area contributed by atoms with Crippen LogP contribution in [0.1, 0.15) is 5.56 Å². The molecule has 0 saturated heterocycles. The predicted molar refractivity (Wildman–Crippen MR) is 51.8 cm³/mol. The van der Waals surface area contributed by atoms with E-state index in [9.17, 15) is 10.1 Å². The quantitative estimate of drug-likeness (QED) is 0.573. The van der Waals surface area contributed by atoms with E-state index in [1.165, 1.54) is 7.11 Å². The first-order valence-electron chi connectivity index (χ1n) is 4.31. The van der Waals surface area contributed by atoms with Crippen molar-refractivity contribution in [1.82, 2.24) is 0 Å². The predicted octanol–water partition coefficient (Wildman–Crippen LogP) is 1.57. The molecule has 14 heavy (non-hydrogen) atoms. The van der Waals surface area contributed by atoms with E-state index in [-0.39, 0.29) is 5.69 Å². The van der Waals surface area contributed by atoms with Gasteiger partial charge in [-0.15, -0.1) is 0 Å². The Morgan fingerprint density at radius 2 is 2.36 bits per heavy atom. The topological polar surface area (TPSA) is 64.4 Å². The monoisotopic (exact) mass is 194 g/mol. The maximum atomic E-state index is 10.7. The third-order valence-electron chi connectivity index (χ3n) is 2.31. The first-order chi connectivity index (χ1) is 6.72. The van der Waals surface area contributed by atoms with Crippen molar-refractivity contribution in [3.8, 4) is 5.75 Å². The van der Waals surface area contributed by atoms with Gasteiger partial charge in [-0.2, -0.15) is 0 Å². The molecule has 0 unspecified atom stereocenters. The van der Waals surface area contributed by atoms with Gasteiger partial charge in [-0.1, -0.05) is 0 Å². The average Bonchev–Trinajstić information content (AvgIpc) is 2.62. The van der Waals surface area contributed by atoms with E-state index in [2.05, 4.69) is 5.32 Å². The minimum absolute atomic E-state index is 0.0370. The van der Waals surface area contributed by atoms with Gasteiger partial charge in [0, 0.05) is 24.4 Å². The second kappa shape index (κ2) is 3.17. The Labute approximate surface area is 80.8 Å². The molecule has 5 nitrogen and oxygen atoms in total. The van der Waals surface area contributed by atoms with E-state index in [0.717, 1.165) is 24.2 Å². The molecule has 74 valence electrons. The maximum absolute atomic E-state index is 10.7. The van der Waals surface area contributed by atoms with Crippen molar-refractivity contribution in [2.75, 3.05) is 19.0 Å². The summed E-state index contributed by atoms with van der Waals surface area (Å²) in [6, 6.07) is 3.26. The Morgan fingerprint density at radius 3 is 3.00 bits per heavy atom. The number of hydrogen-bond acceptors (Lipinski definition) is 4. The Morgan fingerprint density at radius 1 is 1.57 bits per heavy atom. The number of nitrogens with one attached hydrogen (secondary N) is 1. The zero-order valence-electron chi connectivity index (χ0n) is 7.74. The van der Waals surface area contributed by atoms with Gasteiger partial charge in [-0.25, -0.2) is 0 Å². The van der Waals surface area contributed by atoms with Gasteiger partial charge in [0.15, 0.2) is 5.75 Å². The van der Waals surface area contributed by atoms with E-state index in [0.29, 0.717) is 5.75 Å². The minimum Gasteiger partial charge on any atom is -0.490 e. The highest BCUT2D eigenvalue weighted by Gasteiger charge is 2.20. The lowest BCUT2D eigenvalue weighted by molar-refractivity contribution is -0.385. The molecule has 1 aliphatic heterocycles. The van der Waals surface area contributed by atoms with Crippen LogP contribution in [0.4, 0.5) is 11.4 Å². The van der Waals surface area contributed by atoms with Crippen LogP contribution in [-0.4, -0.2) is 18.6 Å². The SMILES string of the molecule is COc1cc2c(cc1[N+](=O)[O-])CCN2. The summed E-state index contributed by atoms with van der Waals surface area (Å²) < 4.78 is 4.95. The van der Waals surface area contributed by atoms with Crippen LogP contribution in [0.3, 0.4) is 0 Å². The number of fused-ring (bicyclic) bond motifs is 1. The normalized spacial score (nSPS) is 13.2. The Kier molecular flexibility index (Phi) is 1.99. The highest BCUT2D eigenvalue weighted by Crippen LogP contribution is 2.35. The Bertz CT molecular complexity index is 390. The Hall–Kier alpha value is -1.78. The fourth-order valence-electron chi connectivity index (χ4n) is 1.62. The molecule has 0 spiro atoms. The van der Waals surface area contributed by atoms with Gasteiger partial charge < -0.3 is 10.1 Å². The summed E-state index contributed by atoms with van der Waals surface area (Å²) in [5.41, 5.74) is 1.96. The third-order valence-corrected chi connectivity index (χ3v) is 2.31. The number of nitrogens with zero attached hydrogens (tertiary/aromatic N) is 1. The first-order valence-corrected chi connectivity index (χ1v) is 4.31. The van der Waals surface area contributed by atoms with Crippen molar-refractivity contribution in [3.05, 3.63) is 27.8 Å². The molecule has 0 amide bonds. The lowest BCUT2D eigenvalue weighted by atomic mass is 10.1. The van der Waals surface area contributed by atoms with Crippen LogP contribution in [-0.2, 0) is 6.42 Å². The van der Waals surface area contributed by atoms with E-state index >= 15 is 0 Å². The third kappa shape index (κ3) is 1.26. The molecule has 0 radical (unpaired) electrons. The molecule has 0 saturated carbocycles. The van der Waals surface area contributed by atoms with E-state index < -0.39 is 4.92 Å². The van der Waals surface area contributed by atoms with Crippen LogP contribution in [0.15, 0.2) is 12.1 Å². The highest BCUT2D eigenvalue weighted by molar-refractivity contribution is 5.65. The summed E-state index contributed by atoms with van der Waals surface area (Å²) in [7, 11) is 1.43. The molecule has 0 bridgehead atoms. The van der Waals surface area contributed by atoms with Crippen LogP contribution in [0.2, 0.25) is 0 Å². The van der Waals surface area contributed by atoms with Crippen LogP contribution >= 0.6 is 0 Å². The first kappa shape index (κ1) is 8.80. The van der Waals surface area contributed by atoms with Gasteiger partial charge in [0.25, 0.3) is 0 Å². The van der Waals surface area contributed by atoms with Gasteiger partial charge in [-0.05, 0) is 12.0 Å². The second-order valence-corrected chi connectivity index (χ2v) is 3.12. The van der Waals surface area contributed by atoms with Gasteiger partial charge in [0.05, 0.1) is 12.0 Å². The molecule has 2 rings (SSSR count). The number of methoxy groups -OCH3 is 1. The number of ether oxygens (including phenoxy) is 1. The zero-order chi connectivity index (χ0) is 10.1. The van der Waals surface area contributed by atoms with Crippen LogP contribution in [0.25, 0.3) is 0 Å². The van der Waals surface area contributed by atoms with Gasteiger partial charge in [0.2, 0.25) is 0 Å². The molecule has 1 heterocycles. The maximum Gasteiger partial charge on any atom is 0.311 e. The molecule has 1 aliphatic rings. The molecule has 1 aromatic carbocycles. The number of nitro benzene ring substituents is 1. The molecule has 1 N–H and O–H groups in total. The van der Waals surface area contributed by atoms with Crippen molar-refractivity contribution in [1.29, 1.82) is 0 Å². The smallest absolute Gasteiger partial charge is 0.311 e. The Balaban J connectivity index is 2.54. The van der Waals surface area contributed by atoms with Crippen LogP contribution in [0.5, 0.6) is 5.75 Å². The van der Waals surface area contributed by atoms with Crippen LogP contribution < -0.4 is 10.1 Å². The van der Waals surface area contributed by atoms with E-state index in [1.54, 1.807) is 12.1 Å². The molecule has 5 heteroatoms. The second-order valence-electron chi connectivity index (χ2n) is 3.12. The van der Waals surface area contributed by atoms with Crippen molar-refractivity contribution in [3.63, 3.8) is 0 Å². The largest absolute Gasteiger partial charge is 0.490 e. The average molecular weight is 194 g/mol. The molecular weight excluding hydrogens is 184 g/mol. The van der Waals surface area contributed by atoms with Crippen molar-refractivity contribution >= 4 is 11.4 Å². The number of benzene rings is 1. The molecule has 0 fully saturated rings. The molecule has 0 aromatic heterocycles. The number of anilines is 1. The molecule has 1 aromatic rings. The summed E-state index contributed by atoms with van der Waals surface area (Å²) in [5, 5.41) is 13.8. The summed E-state index contributed by atoms with van der Waals surface area (Å²) in [4.78, 5) is 10.3. The molecular formula is C9H10N2O3. The number of hydrogen-bond donors (Lipinski definition) is 1. The van der Waals surface area contributed by atoms with Crippen molar-refractivity contribution < 1.29 is 9.66 Å². The minimum atomic E-state index is -0.419. The fraction of sp³-hybridized carbons (Fsp3) is 0.333.